The number of thiophene rings is 1. The lowest BCUT2D eigenvalue weighted by Gasteiger charge is -2.62. The maximum Gasteiger partial charge on any atom is 0.353 e. The molecule has 4 aliphatic rings. The third-order valence-electron chi connectivity index (χ3n) is 9.47. The van der Waals surface area contributed by atoms with Crippen molar-refractivity contribution in [3.63, 3.8) is 0 Å². The zero-order valence-electron chi connectivity index (χ0n) is 21.0. The fraction of sp³-hybridized carbons (Fsp3) is 0.593. The van der Waals surface area contributed by atoms with Crippen LogP contribution in [0.4, 0.5) is 13.2 Å². The number of hydrogen-bond donors (Lipinski definition) is 1. The number of thioether (sulfide) groups is 1. The molecule has 1 heterocycles. The van der Waals surface area contributed by atoms with Crippen molar-refractivity contribution in [2.75, 3.05) is 6.01 Å². The van der Waals surface area contributed by atoms with Gasteiger partial charge in [0.25, 0.3) is 0 Å². The van der Waals surface area contributed by atoms with Gasteiger partial charge in [0.15, 0.2) is 16.5 Å². The minimum atomic E-state index is -2.40. The molecule has 206 valence electrons. The Morgan fingerprint density at radius 1 is 1.26 bits per heavy atom. The van der Waals surface area contributed by atoms with Crippen molar-refractivity contribution in [3.8, 4) is 0 Å². The van der Waals surface area contributed by atoms with Crippen LogP contribution in [0.25, 0.3) is 0 Å². The van der Waals surface area contributed by atoms with E-state index in [4.69, 9.17) is 16.3 Å². The highest BCUT2D eigenvalue weighted by molar-refractivity contribution is 8.13. The molecule has 1 aromatic rings. The summed E-state index contributed by atoms with van der Waals surface area (Å²) in [6, 6.07) is 2.05. The summed E-state index contributed by atoms with van der Waals surface area (Å²) in [7, 11) is 0. The summed E-state index contributed by atoms with van der Waals surface area (Å²) >= 11 is 7.41. The number of rotatable bonds is 4. The Balaban J connectivity index is 1.55. The molecule has 0 bridgehead atoms. The number of halogens is 4. The van der Waals surface area contributed by atoms with E-state index in [0.717, 1.165) is 23.5 Å². The minimum Gasteiger partial charge on any atom is -0.418 e. The highest BCUT2D eigenvalue weighted by Crippen LogP contribution is 2.70. The zero-order valence-corrected chi connectivity index (χ0v) is 23.4. The summed E-state index contributed by atoms with van der Waals surface area (Å²) in [6.45, 7) is 5.09. The Labute approximate surface area is 231 Å². The standard InChI is InChI=1S/C27H28ClF3O5S2/c1-12-6-13-14-7-16(30)15-8-17(32)18(36-23(34)19-4-5-21(28)38-19)9-26(15,3)27(14,31)20(33)10-25(13,2)22(12)24(35)37-11-29/h4-5,8-9,12-14,16,20,22,33H,6-7,10-11H2,1-3H3/t12-,13+,14-,16+,20+,22+,25+,26+,27+/m1/s1. The maximum atomic E-state index is 17.6. The molecular formula is C27H28ClF3O5S2. The molecule has 0 aromatic carbocycles. The van der Waals surface area contributed by atoms with Gasteiger partial charge in [0.2, 0.25) is 5.78 Å². The van der Waals surface area contributed by atoms with Gasteiger partial charge in [-0.1, -0.05) is 37.2 Å². The molecular weight excluding hydrogens is 561 g/mol. The fourth-order valence-electron chi connectivity index (χ4n) is 7.94. The molecule has 3 fully saturated rings. The molecule has 38 heavy (non-hydrogen) atoms. The average molecular weight is 589 g/mol. The highest BCUT2D eigenvalue weighted by Gasteiger charge is 2.73. The smallest absolute Gasteiger partial charge is 0.353 e. The molecule has 1 aromatic heterocycles. The van der Waals surface area contributed by atoms with Crippen molar-refractivity contribution < 1.29 is 37.4 Å². The van der Waals surface area contributed by atoms with Crippen molar-refractivity contribution in [1.29, 1.82) is 0 Å². The molecule has 0 unspecified atom stereocenters. The molecule has 4 aliphatic carbocycles. The first kappa shape index (κ1) is 27.9. The lowest BCUT2D eigenvalue weighted by molar-refractivity contribution is -0.201. The van der Waals surface area contributed by atoms with Crippen molar-refractivity contribution in [2.45, 2.75) is 58.0 Å². The summed E-state index contributed by atoms with van der Waals surface area (Å²) in [4.78, 5) is 38.5. The molecule has 0 saturated heterocycles. The van der Waals surface area contributed by atoms with E-state index in [1.54, 1.807) is 0 Å². The van der Waals surface area contributed by atoms with Gasteiger partial charge in [-0.2, -0.15) is 0 Å². The van der Waals surface area contributed by atoms with E-state index in [2.05, 4.69) is 0 Å². The first-order valence-electron chi connectivity index (χ1n) is 12.5. The van der Waals surface area contributed by atoms with Crippen LogP contribution in [-0.2, 0) is 14.3 Å². The van der Waals surface area contributed by atoms with Crippen LogP contribution in [0, 0.1) is 34.5 Å². The average Bonchev–Trinajstić information content (AvgIpc) is 3.38. The van der Waals surface area contributed by atoms with Gasteiger partial charge >= 0.3 is 5.97 Å². The number of carbonyl (C=O) groups is 3. The van der Waals surface area contributed by atoms with Crippen LogP contribution in [0.3, 0.4) is 0 Å². The van der Waals surface area contributed by atoms with Crippen LogP contribution in [0.5, 0.6) is 0 Å². The summed E-state index contributed by atoms with van der Waals surface area (Å²) in [5.41, 5.74) is -5.14. The van der Waals surface area contributed by atoms with Crippen LogP contribution in [0.2, 0.25) is 4.34 Å². The van der Waals surface area contributed by atoms with E-state index in [9.17, 15) is 23.9 Å². The van der Waals surface area contributed by atoms with Gasteiger partial charge in [0.1, 0.15) is 17.1 Å². The Hall–Kier alpha value is -1.62. The Bertz CT molecular complexity index is 1260. The van der Waals surface area contributed by atoms with Crippen LogP contribution >= 0.6 is 34.7 Å². The van der Waals surface area contributed by atoms with Crippen molar-refractivity contribution in [3.05, 3.63) is 44.8 Å². The first-order valence-corrected chi connectivity index (χ1v) is 14.7. The van der Waals surface area contributed by atoms with E-state index in [0.29, 0.717) is 22.5 Å². The Kier molecular flexibility index (Phi) is 6.98. The summed E-state index contributed by atoms with van der Waals surface area (Å²) in [5, 5.41) is 11.1. The second kappa shape index (κ2) is 9.49. The normalized spacial score (nSPS) is 41.9. The number of hydrogen-bond acceptors (Lipinski definition) is 7. The summed E-state index contributed by atoms with van der Waals surface area (Å²) in [5.74, 6) is -4.31. The van der Waals surface area contributed by atoms with E-state index in [1.165, 1.54) is 19.1 Å². The topological polar surface area (TPSA) is 80.7 Å². The molecule has 0 amide bonds. The number of aliphatic hydroxyl groups excluding tert-OH is 1. The predicted molar refractivity (Wildman–Crippen MR) is 139 cm³/mol. The van der Waals surface area contributed by atoms with Gasteiger partial charge in [0.05, 0.1) is 15.9 Å². The van der Waals surface area contributed by atoms with Crippen LogP contribution in [-0.4, -0.2) is 45.9 Å². The van der Waals surface area contributed by atoms with Gasteiger partial charge in [-0.05, 0) is 73.3 Å². The summed E-state index contributed by atoms with van der Waals surface area (Å²) in [6.07, 6.45) is -1.08. The lowest BCUT2D eigenvalue weighted by atomic mass is 9.45. The molecule has 0 aliphatic heterocycles. The molecule has 9 atom stereocenters. The van der Waals surface area contributed by atoms with E-state index >= 15 is 8.78 Å². The number of alkyl halides is 3. The molecule has 5 rings (SSSR count). The Morgan fingerprint density at radius 3 is 2.61 bits per heavy atom. The largest absolute Gasteiger partial charge is 0.418 e. The van der Waals surface area contributed by atoms with E-state index < -0.39 is 70.0 Å². The van der Waals surface area contributed by atoms with Gasteiger partial charge in [-0.3, -0.25) is 9.59 Å². The molecule has 1 N–H and O–H groups in total. The van der Waals surface area contributed by atoms with Gasteiger partial charge in [-0.15, -0.1) is 11.3 Å². The maximum absolute atomic E-state index is 17.6. The molecule has 5 nitrogen and oxygen atoms in total. The molecule has 0 radical (unpaired) electrons. The lowest BCUT2D eigenvalue weighted by Crippen LogP contribution is -2.68. The zero-order chi connectivity index (χ0) is 27.8. The number of fused-ring (bicyclic) bond motifs is 5. The molecule has 3 saturated carbocycles. The predicted octanol–water partition coefficient (Wildman–Crippen LogP) is 6.25. The minimum absolute atomic E-state index is 0.0807. The molecule has 11 heteroatoms. The number of ketones is 1. The molecule has 0 spiro atoms. The fourth-order valence-corrected chi connectivity index (χ4v) is 9.64. The van der Waals surface area contributed by atoms with Crippen molar-refractivity contribution in [2.24, 2.45) is 34.5 Å². The third-order valence-corrected chi connectivity index (χ3v) is 11.3. The number of allylic oxidation sites excluding steroid dienone is 3. The van der Waals surface area contributed by atoms with Crippen molar-refractivity contribution >= 4 is 51.6 Å². The van der Waals surface area contributed by atoms with Crippen LogP contribution in [0.15, 0.2) is 35.6 Å². The van der Waals surface area contributed by atoms with Crippen molar-refractivity contribution in [1.82, 2.24) is 0 Å². The highest BCUT2D eigenvalue weighted by atomic mass is 35.5. The summed E-state index contributed by atoms with van der Waals surface area (Å²) < 4.78 is 52.1. The number of carbonyl (C=O) groups excluding carboxylic acids is 3. The third kappa shape index (κ3) is 3.88. The first-order chi connectivity index (χ1) is 17.8. The SMILES string of the molecule is C[C@@H]1C[C@H]2[C@H]3C[C@H](F)C4=CC(=O)C(OC(=O)c5ccc(Cl)s5)=C[C@]4(C)[C@@]3(F)[C@@H](O)C[C@]2(C)[C@@H]1C(=O)SCF. The van der Waals surface area contributed by atoms with Crippen LogP contribution in [0.1, 0.15) is 49.7 Å². The van der Waals surface area contributed by atoms with Crippen LogP contribution < -0.4 is 0 Å². The quantitative estimate of drug-likeness (QED) is 0.419. The monoisotopic (exact) mass is 588 g/mol. The van der Waals surface area contributed by atoms with Gasteiger partial charge < -0.3 is 9.84 Å². The van der Waals surface area contributed by atoms with Gasteiger partial charge in [0, 0.05) is 11.8 Å². The number of esters is 1. The van der Waals surface area contributed by atoms with E-state index in [-0.39, 0.29) is 34.3 Å². The number of ether oxygens (including phenoxy) is 1. The van der Waals surface area contributed by atoms with Gasteiger partial charge in [-0.25, -0.2) is 18.0 Å². The Morgan fingerprint density at radius 2 is 1.97 bits per heavy atom. The van der Waals surface area contributed by atoms with E-state index in [1.807, 2.05) is 13.8 Å². The second-order valence-electron chi connectivity index (χ2n) is 11.3. The second-order valence-corrected chi connectivity index (χ2v) is 14.0. The number of aliphatic hydroxyl groups is 1.